The van der Waals surface area contributed by atoms with Gasteiger partial charge >= 0.3 is 0 Å². The number of fused-ring (bicyclic) bond motifs is 1. The molecule has 0 saturated carbocycles. The molecule has 0 radical (unpaired) electrons. The van der Waals surface area contributed by atoms with Crippen molar-refractivity contribution in [3.63, 3.8) is 0 Å². The zero-order valence-electron chi connectivity index (χ0n) is 14.1. The SMILES string of the molecule is CCC(=O)c1ccc2c(c1)N(CCC(C)C)C(=O)C(C)(C)O2. The minimum atomic E-state index is -0.875. The summed E-state index contributed by atoms with van der Waals surface area (Å²) in [4.78, 5) is 26.4. The normalized spacial score (nSPS) is 16.5. The Bertz CT molecular complexity index is 590. The van der Waals surface area contributed by atoms with E-state index in [2.05, 4.69) is 13.8 Å². The van der Waals surface area contributed by atoms with Crippen LogP contribution in [0.1, 0.15) is 57.8 Å². The molecular formula is C18H25NO3. The van der Waals surface area contributed by atoms with Gasteiger partial charge in [0.1, 0.15) is 5.75 Å². The van der Waals surface area contributed by atoms with Crippen LogP contribution in [0.2, 0.25) is 0 Å². The van der Waals surface area contributed by atoms with Crippen LogP contribution in [-0.4, -0.2) is 23.8 Å². The first-order chi connectivity index (χ1) is 10.3. The van der Waals surface area contributed by atoms with Crippen molar-refractivity contribution in [1.82, 2.24) is 0 Å². The van der Waals surface area contributed by atoms with Crippen molar-refractivity contribution in [1.29, 1.82) is 0 Å². The maximum atomic E-state index is 12.7. The fourth-order valence-corrected chi connectivity index (χ4v) is 2.55. The van der Waals surface area contributed by atoms with Gasteiger partial charge in [0.15, 0.2) is 11.4 Å². The van der Waals surface area contributed by atoms with E-state index in [9.17, 15) is 9.59 Å². The molecule has 1 heterocycles. The summed E-state index contributed by atoms with van der Waals surface area (Å²) in [7, 11) is 0. The molecule has 1 amide bonds. The monoisotopic (exact) mass is 303 g/mol. The molecule has 0 atom stereocenters. The van der Waals surface area contributed by atoms with Crippen molar-refractivity contribution < 1.29 is 14.3 Å². The first-order valence-electron chi connectivity index (χ1n) is 7.94. The van der Waals surface area contributed by atoms with Crippen molar-refractivity contribution in [3.05, 3.63) is 23.8 Å². The first kappa shape index (κ1) is 16.5. The number of benzene rings is 1. The van der Waals surface area contributed by atoms with Crippen LogP contribution in [0.15, 0.2) is 18.2 Å². The summed E-state index contributed by atoms with van der Waals surface area (Å²) >= 11 is 0. The van der Waals surface area contributed by atoms with E-state index in [1.807, 2.05) is 6.92 Å². The van der Waals surface area contributed by atoms with Gasteiger partial charge in [-0.2, -0.15) is 0 Å². The number of nitrogens with zero attached hydrogens (tertiary/aromatic N) is 1. The molecule has 0 aromatic heterocycles. The molecule has 0 N–H and O–H groups in total. The highest BCUT2D eigenvalue weighted by atomic mass is 16.5. The molecule has 0 fully saturated rings. The standard InChI is InChI=1S/C18H25NO3/c1-6-15(20)13-7-8-16-14(11-13)19(10-9-12(2)3)17(21)18(4,5)22-16/h7-8,11-12H,6,9-10H2,1-5H3. The van der Waals surface area contributed by atoms with Crippen molar-refractivity contribution in [2.45, 2.75) is 53.1 Å². The van der Waals surface area contributed by atoms with Crippen LogP contribution < -0.4 is 9.64 Å². The summed E-state index contributed by atoms with van der Waals surface area (Å²) in [5.74, 6) is 1.19. The van der Waals surface area contributed by atoms with Gasteiger partial charge in [-0.05, 0) is 44.4 Å². The molecule has 4 heteroatoms. The Morgan fingerprint density at radius 1 is 1.32 bits per heavy atom. The van der Waals surface area contributed by atoms with Crippen molar-refractivity contribution in [3.8, 4) is 5.75 Å². The molecule has 0 unspecified atom stereocenters. The smallest absolute Gasteiger partial charge is 0.270 e. The number of carbonyl (C=O) groups is 2. The van der Waals surface area contributed by atoms with E-state index in [-0.39, 0.29) is 11.7 Å². The zero-order valence-corrected chi connectivity index (χ0v) is 14.1. The molecule has 2 rings (SSSR count). The van der Waals surface area contributed by atoms with Crippen molar-refractivity contribution in [2.75, 3.05) is 11.4 Å². The van der Waals surface area contributed by atoms with Gasteiger partial charge in [-0.1, -0.05) is 20.8 Å². The number of amides is 1. The molecule has 0 saturated heterocycles. The topological polar surface area (TPSA) is 46.6 Å². The molecule has 0 bridgehead atoms. The second kappa shape index (κ2) is 6.11. The largest absolute Gasteiger partial charge is 0.476 e. The van der Waals surface area contributed by atoms with Crippen LogP contribution in [0.25, 0.3) is 0 Å². The number of ketones is 1. The molecule has 4 nitrogen and oxygen atoms in total. The molecule has 1 aromatic rings. The Balaban J connectivity index is 2.44. The van der Waals surface area contributed by atoms with Gasteiger partial charge in [0, 0.05) is 18.5 Å². The van der Waals surface area contributed by atoms with Crippen LogP contribution in [0.3, 0.4) is 0 Å². The lowest BCUT2D eigenvalue weighted by atomic mass is 10.00. The van der Waals surface area contributed by atoms with Gasteiger partial charge < -0.3 is 9.64 Å². The minimum absolute atomic E-state index is 0.0539. The van der Waals surface area contributed by atoms with Crippen LogP contribution in [-0.2, 0) is 4.79 Å². The number of hydrogen-bond donors (Lipinski definition) is 0. The second-order valence-electron chi connectivity index (χ2n) is 6.71. The third kappa shape index (κ3) is 3.16. The van der Waals surface area contributed by atoms with E-state index in [0.29, 0.717) is 35.9 Å². The Morgan fingerprint density at radius 3 is 2.59 bits per heavy atom. The summed E-state index contributed by atoms with van der Waals surface area (Å²) in [6.45, 7) is 10.3. The summed E-state index contributed by atoms with van der Waals surface area (Å²) in [5, 5.41) is 0. The number of rotatable bonds is 5. The third-order valence-corrected chi connectivity index (χ3v) is 3.95. The third-order valence-electron chi connectivity index (χ3n) is 3.95. The van der Waals surface area contributed by atoms with Gasteiger partial charge in [-0.15, -0.1) is 0 Å². The molecule has 0 spiro atoms. The molecule has 120 valence electrons. The summed E-state index contributed by atoms with van der Waals surface area (Å²) in [5.41, 5.74) is 0.469. The highest BCUT2D eigenvalue weighted by Gasteiger charge is 2.40. The molecule has 0 aliphatic carbocycles. The summed E-state index contributed by atoms with van der Waals surface area (Å²) < 4.78 is 5.83. The van der Waals surface area contributed by atoms with Crippen LogP contribution in [0, 0.1) is 5.92 Å². The molecular weight excluding hydrogens is 278 g/mol. The molecule has 22 heavy (non-hydrogen) atoms. The average Bonchev–Trinajstić information content (AvgIpc) is 2.46. The van der Waals surface area contributed by atoms with Gasteiger partial charge in [0.2, 0.25) is 0 Å². The van der Waals surface area contributed by atoms with Gasteiger partial charge in [-0.3, -0.25) is 9.59 Å². The van der Waals surface area contributed by atoms with Crippen molar-refractivity contribution in [2.24, 2.45) is 5.92 Å². The second-order valence-corrected chi connectivity index (χ2v) is 6.71. The number of carbonyl (C=O) groups excluding carboxylic acids is 2. The lowest BCUT2D eigenvalue weighted by Gasteiger charge is -2.39. The van der Waals surface area contributed by atoms with E-state index < -0.39 is 5.60 Å². The average molecular weight is 303 g/mol. The van der Waals surface area contributed by atoms with Crippen LogP contribution in [0.4, 0.5) is 5.69 Å². The molecule has 1 aromatic carbocycles. The lowest BCUT2D eigenvalue weighted by molar-refractivity contribution is -0.132. The van der Waals surface area contributed by atoms with E-state index in [4.69, 9.17) is 4.74 Å². The van der Waals surface area contributed by atoms with Gasteiger partial charge in [0.05, 0.1) is 5.69 Å². The van der Waals surface area contributed by atoms with Gasteiger partial charge in [0.25, 0.3) is 5.91 Å². The van der Waals surface area contributed by atoms with E-state index in [1.165, 1.54) is 0 Å². The number of ether oxygens (including phenoxy) is 1. The Labute approximate surface area is 132 Å². The quantitative estimate of drug-likeness (QED) is 0.777. The van der Waals surface area contributed by atoms with E-state index >= 15 is 0 Å². The maximum Gasteiger partial charge on any atom is 0.270 e. The van der Waals surface area contributed by atoms with Crippen LogP contribution in [0.5, 0.6) is 5.75 Å². The Hall–Kier alpha value is -1.84. The Kier molecular flexibility index (Phi) is 4.59. The maximum absolute atomic E-state index is 12.7. The fourth-order valence-electron chi connectivity index (χ4n) is 2.55. The highest BCUT2D eigenvalue weighted by Crippen LogP contribution is 2.38. The predicted octanol–water partition coefficient (Wildman–Crippen LogP) is 3.83. The van der Waals surface area contributed by atoms with E-state index in [0.717, 1.165) is 6.42 Å². The number of Topliss-reactive ketones (excluding diaryl/α,β-unsaturated/α-hetero) is 1. The molecule has 1 aliphatic heterocycles. The molecule has 1 aliphatic rings. The summed E-state index contributed by atoms with van der Waals surface area (Å²) in [6, 6.07) is 5.36. The van der Waals surface area contributed by atoms with Crippen molar-refractivity contribution >= 4 is 17.4 Å². The Morgan fingerprint density at radius 2 is 2.00 bits per heavy atom. The predicted molar refractivity (Wildman–Crippen MR) is 87.6 cm³/mol. The lowest BCUT2D eigenvalue weighted by Crippen LogP contribution is -2.53. The highest BCUT2D eigenvalue weighted by molar-refractivity contribution is 6.04. The van der Waals surface area contributed by atoms with E-state index in [1.54, 1.807) is 36.9 Å². The summed E-state index contributed by atoms with van der Waals surface area (Å²) in [6.07, 6.45) is 1.36. The van der Waals surface area contributed by atoms with Crippen LogP contribution >= 0.6 is 0 Å². The minimum Gasteiger partial charge on any atom is -0.476 e. The fraction of sp³-hybridized carbons (Fsp3) is 0.556. The number of anilines is 1. The first-order valence-corrected chi connectivity index (χ1v) is 7.94. The number of hydrogen-bond acceptors (Lipinski definition) is 3. The zero-order chi connectivity index (χ0) is 16.5. The van der Waals surface area contributed by atoms with Gasteiger partial charge in [-0.25, -0.2) is 0 Å².